The van der Waals surface area contributed by atoms with E-state index in [0.29, 0.717) is 36.9 Å². The highest BCUT2D eigenvalue weighted by Crippen LogP contribution is 2.45. The third-order valence-electron chi connectivity index (χ3n) is 7.26. The molecule has 220 valence electrons. The first-order chi connectivity index (χ1) is 19.3. The Bertz CT molecular complexity index is 1320. The number of hydrogen-bond donors (Lipinski definition) is 2. The predicted octanol–water partition coefficient (Wildman–Crippen LogP) is 4.03. The van der Waals surface area contributed by atoms with Gasteiger partial charge in [0.05, 0.1) is 24.8 Å². The largest absolute Gasteiger partial charge is 0.493 e. The number of pyridine rings is 1. The first-order valence-corrected chi connectivity index (χ1v) is 13.3. The first-order valence-electron chi connectivity index (χ1n) is 13.3. The van der Waals surface area contributed by atoms with Crippen LogP contribution in [0, 0.1) is 11.3 Å². The Morgan fingerprint density at radius 1 is 1.20 bits per heavy atom. The number of carbonyl (C=O) groups is 2. The van der Waals surface area contributed by atoms with Crippen molar-refractivity contribution in [2.24, 2.45) is 5.73 Å². The molecule has 2 amide bonds. The van der Waals surface area contributed by atoms with Crippen LogP contribution in [0.5, 0.6) is 11.6 Å². The number of likely N-dealkylation sites (N-methyl/N-ethyl adjacent to an activating group) is 1. The molecule has 10 nitrogen and oxygen atoms in total. The summed E-state index contributed by atoms with van der Waals surface area (Å²) < 4.78 is 49.0. The Kier molecular flexibility index (Phi) is 8.63. The number of ether oxygens (including phenoxy) is 2. The minimum atomic E-state index is -4.34. The lowest BCUT2D eigenvalue weighted by atomic mass is 9.92. The van der Waals surface area contributed by atoms with E-state index in [1.165, 1.54) is 12.3 Å². The van der Waals surface area contributed by atoms with Gasteiger partial charge in [-0.25, -0.2) is 9.99 Å². The second-order valence-corrected chi connectivity index (χ2v) is 10.7. The maximum Gasteiger partial charge on any atom is 0.392 e. The minimum Gasteiger partial charge on any atom is -0.493 e. The first kappa shape index (κ1) is 29.9. The van der Waals surface area contributed by atoms with Gasteiger partial charge in [0.1, 0.15) is 29.0 Å². The molecule has 1 saturated carbocycles. The molecule has 2 aromatic rings. The molecule has 0 spiro atoms. The van der Waals surface area contributed by atoms with Gasteiger partial charge in [0.15, 0.2) is 0 Å². The van der Waals surface area contributed by atoms with E-state index in [4.69, 9.17) is 15.2 Å². The van der Waals surface area contributed by atoms with Crippen LogP contribution < -0.4 is 25.5 Å². The number of halogens is 3. The van der Waals surface area contributed by atoms with Crippen molar-refractivity contribution in [1.29, 1.82) is 5.26 Å². The molecule has 1 aliphatic heterocycles. The van der Waals surface area contributed by atoms with Crippen molar-refractivity contribution in [2.75, 3.05) is 18.7 Å². The number of amides is 2. The summed E-state index contributed by atoms with van der Waals surface area (Å²) in [6.45, 7) is 2.84. The normalized spacial score (nSPS) is 21.1. The zero-order chi connectivity index (χ0) is 29.9. The molecule has 2 heterocycles. The number of hydrogen-bond acceptors (Lipinski definition) is 8. The molecule has 2 aliphatic rings. The van der Waals surface area contributed by atoms with Gasteiger partial charge in [-0.3, -0.25) is 14.6 Å². The number of alkyl halides is 3. The van der Waals surface area contributed by atoms with E-state index in [0.717, 1.165) is 0 Å². The van der Waals surface area contributed by atoms with Crippen LogP contribution in [0.1, 0.15) is 67.9 Å². The van der Waals surface area contributed by atoms with Crippen LogP contribution in [0.3, 0.4) is 0 Å². The second-order valence-electron chi connectivity index (χ2n) is 10.7. The summed E-state index contributed by atoms with van der Waals surface area (Å²) in [7, 11) is 1.70. The summed E-state index contributed by atoms with van der Waals surface area (Å²) in [5.41, 5.74) is 5.69. The van der Waals surface area contributed by atoms with E-state index in [1.54, 1.807) is 55.2 Å². The average molecular weight is 575 g/mol. The Morgan fingerprint density at radius 2 is 1.90 bits per heavy atom. The molecule has 1 fully saturated rings. The number of carbonyl (C=O) groups excluding carboxylic acids is 2. The number of benzene rings is 1. The van der Waals surface area contributed by atoms with Gasteiger partial charge in [-0.15, -0.1) is 0 Å². The van der Waals surface area contributed by atoms with E-state index in [-0.39, 0.29) is 35.2 Å². The Hall–Kier alpha value is -4.05. The summed E-state index contributed by atoms with van der Waals surface area (Å²) >= 11 is 0. The van der Waals surface area contributed by atoms with Crippen LogP contribution in [0.25, 0.3) is 0 Å². The number of primary amides is 1. The quantitative estimate of drug-likeness (QED) is 0.459. The maximum absolute atomic E-state index is 13.6. The summed E-state index contributed by atoms with van der Waals surface area (Å²) in [5, 5.41) is 16.3. The van der Waals surface area contributed by atoms with Gasteiger partial charge in [0, 0.05) is 30.9 Å². The highest BCUT2D eigenvalue weighted by atomic mass is 19.4. The summed E-state index contributed by atoms with van der Waals surface area (Å²) in [6, 6.07) is 9.26. The van der Waals surface area contributed by atoms with Crippen molar-refractivity contribution in [2.45, 2.75) is 75.9 Å². The molecule has 4 rings (SSSR count). The Morgan fingerprint density at radius 3 is 2.54 bits per heavy atom. The van der Waals surface area contributed by atoms with E-state index in [9.17, 15) is 28.0 Å². The van der Waals surface area contributed by atoms with Crippen molar-refractivity contribution in [3.05, 3.63) is 47.7 Å². The Balaban J connectivity index is 1.44. The van der Waals surface area contributed by atoms with Crippen LogP contribution >= 0.6 is 0 Å². The number of nitrogens with two attached hydrogens (primary N) is 1. The van der Waals surface area contributed by atoms with Crippen molar-refractivity contribution in [1.82, 2.24) is 15.3 Å². The van der Waals surface area contributed by atoms with Crippen molar-refractivity contribution in [3.63, 3.8) is 0 Å². The number of nitrogens with one attached hydrogen (secondary N) is 1. The number of rotatable bonds is 9. The van der Waals surface area contributed by atoms with Crippen LogP contribution in [-0.2, 0) is 4.79 Å². The molecule has 3 N–H and O–H groups in total. The molecular weight excluding hydrogens is 541 g/mol. The third kappa shape index (κ3) is 6.82. The zero-order valence-electron chi connectivity index (χ0n) is 23.1. The molecule has 1 unspecified atom stereocenters. The van der Waals surface area contributed by atoms with Crippen molar-refractivity contribution in [3.8, 4) is 17.7 Å². The SMILES string of the molecule is CN1C(C(=O)NC2CCC(Oc3ncccc3C(N)=O)CC2)c2ccc(OCCC(F)(F)F)cc2N1C(C)(C)C#N. The van der Waals surface area contributed by atoms with E-state index < -0.39 is 36.7 Å². The smallest absolute Gasteiger partial charge is 0.392 e. The van der Waals surface area contributed by atoms with E-state index in [2.05, 4.69) is 16.4 Å². The lowest BCUT2D eigenvalue weighted by molar-refractivity contribution is -0.139. The molecule has 1 atom stereocenters. The fraction of sp³-hybridized carbons (Fsp3) is 0.500. The lowest BCUT2D eigenvalue weighted by Gasteiger charge is -2.38. The van der Waals surface area contributed by atoms with Gasteiger partial charge in [-0.1, -0.05) is 6.07 Å². The van der Waals surface area contributed by atoms with E-state index in [1.807, 2.05) is 0 Å². The molecule has 1 aliphatic carbocycles. The summed E-state index contributed by atoms with van der Waals surface area (Å²) in [4.78, 5) is 29.4. The molecule has 0 bridgehead atoms. The number of nitriles is 1. The Labute approximate surface area is 236 Å². The van der Waals surface area contributed by atoms with Crippen LogP contribution in [0.2, 0.25) is 0 Å². The topological polar surface area (TPSA) is 134 Å². The van der Waals surface area contributed by atoms with Gasteiger partial charge in [-0.05, 0) is 57.7 Å². The summed E-state index contributed by atoms with van der Waals surface area (Å²) in [5.74, 6) is -0.477. The van der Waals surface area contributed by atoms with Gasteiger partial charge < -0.3 is 20.5 Å². The predicted molar refractivity (Wildman–Crippen MR) is 143 cm³/mol. The molecule has 41 heavy (non-hydrogen) atoms. The monoisotopic (exact) mass is 574 g/mol. The van der Waals surface area contributed by atoms with Crippen molar-refractivity contribution < 1.29 is 32.2 Å². The highest BCUT2D eigenvalue weighted by Gasteiger charge is 2.45. The van der Waals surface area contributed by atoms with E-state index >= 15 is 0 Å². The van der Waals surface area contributed by atoms with Gasteiger partial charge in [0.2, 0.25) is 11.8 Å². The fourth-order valence-corrected chi connectivity index (χ4v) is 5.29. The van der Waals surface area contributed by atoms with Crippen LogP contribution in [0.4, 0.5) is 18.9 Å². The van der Waals surface area contributed by atoms with Crippen molar-refractivity contribution >= 4 is 17.5 Å². The third-order valence-corrected chi connectivity index (χ3v) is 7.26. The number of fused-ring (bicyclic) bond motifs is 1. The maximum atomic E-state index is 13.6. The zero-order valence-corrected chi connectivity index (χ0v) is 23.1. The number of anilines is 1. The number of hydrazine groups is 1. The van der Waals surface area contributed by atoms with Gasteiger partial charge in [-0.2, -0.15) is 18.4 Å². The molecule has 0 saturated heterocycles. The average Bonchev–Trinajstić information content (AvgIpc) is 3.21. The van der Waals surface area contributed by atoms with Crippen LogP contribution in [-0.4, -0.2) is 59.3 Å². The second kappa shape index (κ2) is 11.8. The fourth-order valence-electron chi connectivity index (χ4n) is 5.29. The standard InChI is InChI=1S/C28H33F3N6O4/c1-27(2,16-32)37-22-15-19(40-14-12-28(29,30)31)10-11-20(22)23(36(37)3)25(39)35-17-6-8-18(9-7-17)41-26-21(24(33)38)5-4-13-34-26/h4-5,10-11,13,15,17-18,23H,6-9,12,14H2,1-3H3,(H2,33,38)(H,35,39). The number of nitrogens with zero attached hydrogens (tertiary/aromatic N) is 4. The minimum absolute atomic E-state index is 0.124. The van der Waals surface area contributed by atoms with Gasteiger partial charge >= 0.3 is 6.18 Å². The highest BCUT2D eigenvalue weighted by molar-refractivity contribution is 5.95. The molecule has 13 heteroatoms. The van der Waals surface area contributed by atoms with Crippen LogP contribution in [0.15, 0.2) is 36.5 Å². The molecule has 0 radical (unpaired) electrons. The van der Waals surface area contributed by atoms with Gasteiger partial charge in [0.25, 0.3) is 5.91 Å². The molecule has 1 aromatic heterocycles. The number of aromatic nitrogens is 1. The lowest BCUT2D eigenvalue weighted by Crippen LogP contribution is -2.53. The molecule has 1 aromatic carbocycles. The molecular formula is C28H33F3N6O4. The summed E-state index contributed by atoms with van der Waals surface area (Å²) in [6.07, 6.45) is -1.57.